The fourth-order valence-electron chi connectivity index (χ4n) is 2.01. The van der Waals surface area contributed by atoms with Crippen LogP contribution in [0.4, 0.5) is 0 Å². The first-order chi connectivity index (χ1) is 10.0. The Kier molecular flexibility index (Phi) is 4.37. The number of methoxy groups -OCH3 is 1. The third kappa shape index (κ3) is 3.28. The fourth-order valence-corrected chi connectivity index (χ4v) is 2.01. The minimum atomic E-state index is -0.590. The highest BCUT2D eigenvalue weighted by molar-refractivity contribution is 5.72. The number of nitrogens with zero attached hydrogens (tertiary/aromatic N) is 2. The first-order valence-corrected chi connectivity index (χ1v) is 6.42. The summed E-state index contributed by atoms with van der Waals surface area (Å²) < 4.78 is 7.22. The van der Waals surface area contributed by atoms with Gasteiger partial charge in [0.1, 0.15) is 0 Å². The zero-order chi connectivity index (χ0) is 15.4. The lowest BCUT2D eigenvalue weighted by atomic mass is 10.0. The fraction of sp³-hybridized carbons (Fsp3) is 0.267. The molecule has 1 aromatic carbocycles. The van der Waals surface area contributed by atoms with Gasteiger partial charge in [-0.1, -0.05) is 24.3 Å². The molecule has 21 heavy (non-hydrogen) atoms. The van der Waals surface area contributed by atoms with Gasteiger partial charge in [0.2, 0.25) is 0 Å². The molecule has 0 bridgehead atoms. The van der Waals surface area contributed by atoms with Crippen molar-refractivity contribution < 1.29 is 9.53 Å². The van der Waals surface area contributed by atoms with Gasteiger partial charge in [0, 0.05) is 19.4 Å². The number of carbonyl (C=O) groups excluding carboxylic acids is 1. The van der Waals surface area contributed by atoms with Crippen LogP contribution in [0.5, 0.6) is 0 Å². The van der Waals surface area contributed by atoms with Crippen molar-refractivity contribution in [2.45, 2.75) is 13.0 Å². The van der Waals surface area contributed by atoms with Crippen LogP contribution < -0.4 is 11.1 Å². The molecule has 1 aromatic heterocycles. The summed E-state index contributed by atoms with van der Waals surface area (Å²) in [5.74, 6) is -0.348. The molecule has 0 spiro atoms. The molecule has 1 heterocycles. The molecule has 6 nitrogen and oxygen atoms in total. The van der Waals surface area contributed by atoms with Crippen molar-refractivity contribution in [1.82, 2.24) is 9.13 Å². The van der Waals surface area contributed by atoms with Gasteiger partial charge in [-0.3, -0.25) is 14.4 Å². The van der Waals surface area contributed by atoms with Crippen molar-refractivity contribution in [3.8, 4) is 0 Å². The third-order valence-electron chi connectivity index (χ3n) is 3.26. The van der Waals surface area contributed by atoms with Crippen molar-refractivity contribution >= 4 is 5.97 Å². The van der Waals surface area contributed by atoms with Gasteiger partial charge in [0.05, 0.1) is 20.1 Å². The van der Waals surface area contributed by atoms with Gasteiger partial charge in [-0.2, -0.15) is 0 Å². The van der Waals surface area contributed by atoms with E-state index in [2.05, 4.69) is 4.74 Å². The highest BCUT2D eigenvalue weighted by Gasteiger charge is 2.10. The molecule has 0 saturated carbocycles. The number of hydrogen-bond acceptors (Lipinski definition) is 4. The monoisotopic (exact) mass is 288 g/mol. The van der Waals surface area contributed by atoms with Crippen LogP contribution in [0, 0.1) is 0 Å². The number of aromatic nitrogens is 2. The summed E-state index contributed by atoms with van der Waals surface area (Å²) in [6.45, 7) is 0.238. The summed E-state index contributed by atoms with van der Waals surface area (Å²) >= 11 is 0. The van der Waals surface area contributed by atoms with E-state index < -0.39 is 11.1 Å². The van der Waals surface area contributed by atoms with Crippen LogP contribution in [0.1, 0.15) is 11.1 Å². The Morgan fingerprint density at radius 2 is 1.76 bits per heavy atom. The standard InChI is InChI=1S/C15H16N2O4/c1-16-7-8-17(15(20)14(16)19)10-12-6-4-3-5-11(12)9-13(18)21-2/h3-8H,9-10H2,1-2H3. The average molecular weight is 288 g/mol. The highest BCUT2D eigenvalue weighted by atomic mass is 16.5. The van der Waals surface area contributed by atoms with E-state index in [0.717, 1.165) is 11.1 Å². The maximum absolute atomic E-state index is 11.9. The average Bonchev–Trinajstić information content (AvgIpc) is 2.49. The molecule has 0 aliphatic carbocycles. The van der Waals surface area contributed by atoms with E-state index >= 15 is 0 Å². The number of aryl methyl sites for hydroxylation is 1. The summed E-state index contributed by atoms with van der Waals surface area (Å²) in [4.78, 5) is 35.0. The maximum Gasteiger partial charge on any atom is 0.316 e. The molecule has 0 aliphatic heterocycles. The van der Waals surface area contributed by atoms with Gasteiger partial charge in [0.15, 0.2) is 0 Å². The Bertz CT molecular complexity index is 774. The summed E-state index contributed by atoms with van der Waals surface area (Å²) in [6.07, 6.45) is 3.22. The van der Waals surface area contributed by atoms with Gasteiger partial charge >= 0.3 is 17.1 Å². The van der Waals surface area contributed by atoms with Gasteiger partial charge < -0.3 is 13.9 Å². The van der Waals surface area contributed by atoms with Crippen LogP contribution in [-0.2, 0) is 29.5 Å². The van der Waals surface area contributed by atoms with Gasteiger partial charge in [-0.05, 0) is 11.1 Å². The number of ether oxygens (including phenoxy) is 1. The summed E-state index contributed by atoms with van der Waals surface area (Å²) in [6, 6.07) is 7.26. The molecule has 0 N–H and O–H groups in total. The lowest BCUT2D eigenvalue weighted by Gasteiger charge is -2.10. The van der Waals surface area contributed by atoms with Crippen LogP contribution >= 0.6 is 0 Å². The second-order valence-electron chi connectivity index (χ2n) is 4.67. The molecule has 0 amide bonds. The molecule has 0 radical (unpaired) electrons. The number of esters is 1. The molecule has 0 aliphatic rings. The molecular weight excluding hydrogens is 272 g/mol. The first-order valence-electron chi connectivity index (χ1n) is 6.42. The highest BCUT2D eigenvalue weighted by Crippen LogP contribution is 2.11. The van der Waals surface area contributed by atoms with Crippen LogP contribution in [-0.4, -0.2) is 22.2 Å². The third-order valence-corrected chi connectivity index (χ3v) is 3.26. The normalized spacial score (nSPS) is 10.4. The van der Waals surface area contributed by atoms with E-state index in [4.69, 9.17) is 0 Å². The van der Waals surface area contributed by atoms with Crippen molar-refractivity contribution in [3.63, 3.8) is 0 Å². The Balaban J connectivity index is 2.37. The lowest BCUT2D eigenvalue weighted by molar-refractivity contribution is -0.139. The van der Waals surface area contributed by atoms with Crippen LogP contribution in [0.15, 0.2) is 46.2 Å². The predicted molar refractivity (Wildman–Crippen MR) is 77.2 cm³/mol. The second kappa shape index (κ2) is 6.21. The minimum Gasteiger partial charge on any atom is -0.469 e. The Hall–Kier alpha value is -2.63. The lowest BCUT2D eigenvalue weighted by Crippen LogP contribution is -2.39. The zero-order valence-corrected chi connectivity index (χ0v) is 11.9. The SMILES string of the molecule is COC(=O)Cc1ccccc1Cn1ccn(C)c(=O)c1=O. The quantitative estimate of drug-likeness (QED) is 0.600. The summed E-state index contributed by atoms with van der Waals surface area (Å²) in [5, 5.41) is 0. The van der Waals surface area contributed by atoms with Crippen LogP contribution in [0.2, 0.25) is 0 Å². The van der Waals surface area contributed by atoms with E-state index in [-0.39, 0.29) is 18.9 Å². The predicted octanol–water partition coefficient (Wildman–Crippen LogP) is 0.311. The van der Waals surface area contributed by atoms with Crippen molar-refractivity contribution in [2.75, 3.05) is 7.11 Å². The molecule has 0 saturated heterocycles. The smallest absolute Gasteiger partial charge is 0.316 e. The molecule has 0 atom stereocenters. The Labute approximate surface area is 121 Å². The van der Waals surface area contributed by atoms with Crippen molar-refractivity contribution in [3.05, 3.63) is 68.5 Å². The van der Waals surface area contributed by atoms with Gasteiger partial charge in [-0.25, -0.2) is 0 Å². The second-order valence-corrected chi connectivity index (χ2v) is 4.67. The molecule has 0 fully saturated rings. The van der Waals surface area contributed by atoms with Crippen LogP contribution in [0.25, 0.3) is 0 Å². The minimum absolute atomic E-state index is 0.131. The molecule has 0 unspecified atom stereocenters. The van der Waals surface area contributed by atoms with Gasteiger partial charge in [0.25, 0.3) is 0 Å². The van der Waals surface area contributed by atoms with E-state index in [1.165, 1.54) is 29.5 Å². The number of rotatable bonds is 4. The molecule has 2 rings (SSSR count). The summed E-state index contributed by atoms with van der Waals surface area (Å²) in [7, 11) is 2.86. The number of hydrogen-bond donors (Lipinski definition) is 0. The Morgan fingerprint density at radius 3 is 2.43 bits per heavy atom. The number of benzene rings is 1. The topological polar surface area (TPSA) is 70.3 Å². The van der Waals surface area contributed by atoms with E-state index in [1.807, 2.05) is 18.2 Å². The van der Waals surface area contributed by atoms with Crippen molar-refractivity contribution in [1.29, 1.82) is 0 Å². The van der Waals surface area contributed by atoms with Crippen molar-refractivity contribution in [2.24, 2.45) is 7.05 Å². The molecule has 6 heteroatoms. The Morgan fingerprint density at radius 1 is 1.10 bits per heavy atom. The first kappa shape index (κ1) is 14.8. The number of carbonyl (C=O) groups is 1. The van der Waals surface area contributed by atoms with E-state index in [1.54, 1.807) is 12.3 Å². The zero-order valence-electron chi connectivity index (χ0n) is 11.9. The van der Waals surface area contributed by atoms with Crippen LogP contribution in [0.3, 0.4) is 0 Å². The van der Waals surface area contributed by atoms with E-state index in [9.17, 15) is 14.4 Å². The molecule has 110 valence electrons. The molecule has 2 aromatic rings. The van der Waals surface area contributed by atoms with Gasteiger partial charge in [-0.15, -0.1) is 0 Å². The largest absolute Gasteiger partial charge is 0.469 e. The van der Waals surface area contributed by atoms with E-state index in [0.29, 0.717) is 0 Å². The summed E-state index contributed by atoms with van der Waals surface area (Å²) in [5.41, 5.74) is 0.408. The maximum atomic E-state index is 11.9. The molecular formula is C15H16N2O4.